The molecule has 1 saturated heterocycles. The first kappa shape index (κ1) is 20.3. The highest BCUT2D eigenvalue weighted by Crippen LogP contribution is 2.24. The molecule has 0 radical (unpaired) electrons. The number of halogens is 1. The first-order chi connectivity index (χ1) is 10.7. The number of nitrogens with one attached hydrogen (secondary N) is 2. The lowest BCUT2D eigenvalue weighted by Crippen LogP contribution is -2.42. The SMILES string of the molecule is CC(C)C(SCc1ccccc1)C(=O)NCC1CCCNC1.Cl. The number of hydrogen-bond donors (Lipinski definition) is 2. The first-order valence-corrected chi connectivity index (χ1v) is 9.35. The van der Waals surface area contributed by atoms with Gasteiger partial charge in [-0.25, -0.2) is 0 Å². The fourth-order valence-corrected chi connectivity index (χ4v) is 3.96. The molecule has 1 aromatic rings. The van der Waals surface area contributed by atoms with Gasteiger partial charge in [0.1, 0.15) is 0 Å². The van der Waals surface area contributed by atoms with Gasteiger partial charge < -0.3 is 10.6 Å². The third-order valence-electron chi connectivity index (χ3n) is 4.10. The Balaban J connectivity index is 0.00000264. The summed E-state index contributed by atoms with van der Waals surface area (Å²) in [6, 6.07) is 10.4. The molecule has 1 aromatic carbocycles. The zero-order valence-corrected chi connectivity index (χ0v) is 15.7. The molecule has 0 bridgehead atoms. The molecule has 1 fully saturated rings. The average Bonchev–Trinajstić information content (AvgIpc) is 2.55. The highest BCUT2D eigenvalue weighted by atomic mass is 35.5. The molecule has 1 aliphatic heterocycles. The number of thioether (sulfide) groups is 1. The lowest BCUT2D eigenvalue weighted by Gasteiger charge is -2.25. The van der Waals surface area contributed by atoms with Gasteiger partial charge in [0.2, 0.25) is 5.91 Å². The van der Waals surface area contributed by atoms with Gasteiger partial charge in [0.05, 0.1) is 5.25 Å². The third-order valence-corrected chi connectivity index (χ3v) is 5.72. The van der Waals surface area contributed by atoms with Gasteiger partial charge in [-0.05, 0) is 43.3 Å². The van der Waals surface area contributed by atoms with Crippen molar-refractivity contribution in [2.24, 2.45) is 11.8 Å². The average molecular weight is 357 g/mol. The predicted molar refractivity (Wildman–Crippen MR) is 102 cm³/mol. The standard InChI is InChI=1S/C18H28N2OS.ClH/c1-14(2)17(22-13-15-7-4-3-5-8-15)18(21)20-12-16-9-6-10-19-11-16;/h3-5,7-8,14,16-17,19H,6,9-13H2,1-2H3,(H,20,21);1H. The van der Waals surface area contributed by atoms with Crippen LogP contribution in [0.5, 0.6) is 0 Å². The molecule has 0 aromatic heterocycles. The highest BCUT2D eigenvalue weighted by molar-refractivity contribution is 7.99. The lowest BCUT2D eigenvalue weighted by atomic mass is 9.99. The van der Waals surface area contributed by atoms with Gasteiger partial charge in [-0.3, -0.25) is 4.79 Å². The van der Waals surface area contributed by atoms with E-state index in [-0.39, 0.29) is 23.6 Å². The zero-order chi connectivity index (χ0) is 15.8. The quantitative estimate of drug-likeness (QED) is 0.785. The minimum absolute atomic E-state index is 0. The van der Waals surface area contributed by atoms with Crippen LogP contribution in [0.25, 0.3) is 0 Å². The monoisotopic (exact) mass is 356 g/mol. The summed E-state index contributed by atoms with van der Waals surface area (Å²) in [5.41, 5.74) is 1.28. The number of piperidine rings is 1. The molecule has 23 heavy (non-hydrogen) atoms. The molecule has 3 nitrogen and oxygen atoms in total. The van der Waals surface area contributed by atoms with Crippen molar-refractivity contribution in [3.05, 3.63) is 35.9 Å². The Kier molecular flexibility index (Phi) is 9.68. The Morgan fingerprint density at radius 1 is 1.35 bits per heavy atom. The van der Waals surface area contributed by atoms with Gasteiger partial charge in [-0.1, -0.05) is 44.2 Å². The molecule has 2 rings (SSSR count). The lowest BCUT2D eigenvalue weighted by molar-refractivity contribution is -0.121. The van der Waals surface area contributed by atoms with Crippen molar-refractivity contribution < 1.29 is 4.79 Å². The smallest absolute Gasteiger partial charge is 0.233 e. The van der Waals surface area contributed by atoms with Crippen molar-refractivity contribution >= 4 is 30.1 Å². The van der Waals surface area contributed by atoms with Gasteiger partial charge in [0.25, 0.3) is 0 Å². The normalized spacial score (nSPS) is 19.0. The van der Waals surface area contributed by atoms with Crippen molar-refractivity contribution in [3.8, 4) is 0 Å². The summed E-state index contributed by atoms with van der Waals surface area (Å²) in [6.07, 6.45) is 2.44. The van der Waals surface area contributed by atoms with Gasteiger partial charge in [0, 0.05) is 12.3 Å². The van der Waals surface area contributed by atoms with Crippen LogP contribution in [0, 0.1) is 11.8 Å². The molecule has 0 spiro atoms. The largest absolute Gasteiger partial charge is 0.355 e. The van der Waals surface area contributed by atoms with E-state index in [0.29, 0.717) is 11.8 Å². The Bertz CT molecular complexity index is 450. The molecule has 1 amide bonds. The van der Waals surface area contributed by atoms with Gasteiger partial charge >= 0.3 is 0 Å². The Morgan fingerprint density at radius 2 is 2.09 bits per heavy atom. The van der Waals surface area contributed by atoms with Crippen LogP contribution < -0.4 is 10.6 Å². The number of hydrogen-bond acceptors (Lipinski definition) is 3. The molecule has 2 atom stereocenters. The summed E-state index contributed by atoms with van der Waals surface area (Å²) in [5.74, 6) is 2.02. The highest BCUT2D eigenvalue weighted by Gasteiger charge is 2.23. The number of carbonyl (C=O) groups excluding carboxylic acids is 1. The van der Waals surface area contributed by atoms with Crippen molar-refractivity contribution in [2.75, 3.05) is 19.6 Å². The van der Waals surface area contributed by atoms with E-state index in [2.05, 4.69) is 48.7 Å². The van der Waals surface area contributed by atoms with Crippen molar-refractivity contribution in [1.82, 2.24) is 10.6 Å². The summed E-state index contributed by atoms with van der Waals surface area (Å²) in [4.78, 5) is 12.5. The molecular weight excluding hydrogens is 328 g/mol. The second-order valence-electron chi connectivity index (χ2n) is 6.42. The molecule has 130 valence electrons. The maximum Gasteiger partial charge on any atom is 0.233 e. The van der Waals surface area contributed by atoms with E-state index >= 15 is 0 Å². The van der Waals surface area contributed by atoms with Crippen LogP contribution in [0.1, 0.15) is 32.3 Å². The van der Waals surface area contributed by atoms with Gasteiger partial charge in [-0.15, -0.1) is 24.2 Å². The van der Waals surface area contributed by atoms with Crippen LogP contribution in [0.15, 0.2) is 30.3 Å². The van der Waals surface area contributed by atoms with Gasteiger partial charge in [-0.2, -0.15) is 0 Å². The fourth-order valence-electron chi connectivity index (χ4n) is 2.77. The van der Waals surface area contributed by atoms with Crippen LogP contribution in [-0.4, -0.2) is 30.8 Å². The van der Waals surface area contributed by atoms with Gasteiger partial charge in [0.15, 0.2) is 0 Å². The van der Waals surface area contributed by atoms with E-state index < -0.39 is 0 Å². The van der Waals surface area contributed by atoms with Crippen molar-refractivity contribution in [1.29, 1.82) is 0 Å². The number of amides is 1. The topological polar surface area (TPSA) is 41.1 Å². The zero-order valence-electron chi connectivity index (χ0n) is 14.1. The number of rotatable bonds is 7. The second kappa shape index (κ2) is 11.0. The first-order valence-electron chi connectivity index (χ1n) is 8.30. The van der Waals surface area contributed by atoms with E-state index in [9.17, 15) is 4.79 Å². The second-order valence-corrected chi connectivity index (χ2v) is 7.55. The van der Waals surface area contributed by atoms with E-state index in [1.807, 2.05) is 6.07 Å². The Morgan fingerprint density at radius 3 is 2.70 bits per heavy atom. The molecule has 1 heterocycles. The molecule has 2 N–H and O–H groups in total. The van der Waals surface area contributed by atoms with Crippen LogP contribution in [0.3, 0.4) is 0 Å². The van der Waals surface area contributed by atoms with Crippen molar-refractivity contribution in [3.63, 3.8) is 0 Å². The number of benzene rings is 1. The summed E-state index contributed by atoms with van der Waals surface area (Å²) in [5, 5.41) is 6.60. The summed E-state index contributed by atoms with van der Waals surface area (Å²) < 4.78 is 0. The molecule has 2 unspecified atom stereocenters. The maximum atomic E-state index is 12.5. The summed E-state index contributed by atoms with van der Waals surface area (Å²) in [7, 11) is 0. The van der Waals surface area contributed by atoms with Crippen LogP contribution in [-0.2, 0) is 10.5 Å². The van der Waals surface area contributed by atoms with Crippen molar-refractivity contribution in [2.45, 2.75) is 37.7 Å². The third kappa shape index (κ3) is 7.15. The van der Waals surface area contributed by atoms with Crippen LogP contribution in [0.4, 0.5) is 0 Å². The molecule has 5 heteroatoms. The molecule has 0 saturated carbocycles. The predicted octanol–water partition coefficient (Wildman–Crippen LogP) is 3.48. The summed E-state index contributed by atoms with van der Waals surface area (Å²) in [6.45, 7) is 7.21. The van der Waals surface area contributed by atoms with E-state index in [1.165, 1.54) is 18.4 Å². The van der Waals surface area contributed by atoms with E-state index in [1.54, 1.807) is 11.8 Å². The number of carbonyl (C=O) groups is 1. The molecule has 0 aliphatic carbocycles. The minimum Gasteiger partial charge on any atom is -0.355 e. The Hall–Kier alpha value is -0.710. The van der Waals surface area contributed by atoms with Crippen LogP contribution >= 0.6 is 24.2 Å². The van der Waals surface area contributed by atoms with E-state index in [0.717, 1.165) is 25.4 Å². The van der Waals surface area contributed by atoms with E-state index in [4.69, 9.17) is 0 Å². The van der Waals surface area contributed by atoms with Crippen LogP contribution in [0.2, 0.25) is 0 Å². The minimum atomic E-state index is 0. The maximum absolute atomic E-state index is 12.5. The fraction of sp³-hybridized carbons (Fsp3) is 0.611. The summed E-state index contributed by atoms with van der Waals surface area (Å²) >= 11 is 1.75. The molecule has 1 aliphatic rings. The molecular formula is C18H29ClN2OS. The Labute approximate surface area is 150 Å².